The maximum absolute atomic E-state index is 8.95. The molecule has 0 fully saturated rings. The van der Waals surface area contributed by atoms with Gasteiger partial charge in [0.1, 0.15) is 5.65 Å². The number of aromatic nitrogens is 2. The molecule has 16 heavy (non-hydrogen) atoms. The fourth-order valence-electron chi connectivity index (χ4n) is 1.82. The highest BCUT2D eigenvalue weighted by Gasteiger charge is 2.07. The van der Waals surface area contributed by atoms with E-state index in [1.807, 2.05) is 30.6 Å². The Hall–Kier alpha value is -1.39. The van der Waals surface area contributed by atoms with Crippen molar-refractivity contribution in [3.63, 3.8) is 0 Å². The summed E-state index contributed by atoms with van der Waals surface area (Å²) >= 11 is 0. The predicted octanol–water partition coefficient (Wildman–Crippen LogP) is 1.15. The van der Waals surface area contributed by atoms with Crippen LogP contribution in [0.3, 0.4) is 0 Å². The molecule has 0 amide bonds. The maximum Gasteiger partial charge on any atom is 0.136 e. The molecule has 0 bridgehead atoms. The Morgan fingerprint density at radius 1 is 1.44 bits per heavy atom. The Labute approximate surface area is 95.1 Å². The van der Waals surface area contributed by atoms with E-state index in [-0.39, 0.29) is 6.61 Å². The Kier molecular flexibility index (Phi) is 3.54. The Morgan fingerprint density at radius 2 is 2.31 bits per heavy atom. The first-order chi connectivity index (χ1) is 7.85. The second kappa shape index (κ2) is 5.09. The molecule has 0 aliphatic rings. The highest BCUT2D eigenvalue weighted by molar-refractivity contribution is 5.39. The molecule has 0 atom stereocenters. The van der Waals surface area contributed by atoms with Crippen molar-refractivity contribution >= 4 is 5.65 Å². The topological polar surface area (TPSA) is 40.8 Å². The SMILES string of the molecule is CCN(CCO)Cc1cnc2ccccn12. The molecule has 0 radical (unpaired) electrons. The van der Waals surface area contributed by atoms with E-state index in [4.69, 9.17) is 5.11 Å². The normalized spacial score (nSPS) is 11.4. The number of nitrogens with zero attached hydrogens (tertiary/aromatic N) is 3. The van der Waals surface area contributed by atoms with Gasteiger partial charge in [-0.25, -0.2) is 4.98 Å². The zero-order chi connectivity index (χ0) is 11.4. The lowest BCUT2D eigenvalue weighted by Crippen LogP contribution is -2.26. The first-order valence-electron chi connectivity index (χ1n) is 5.59. The van der Waals surface area contributed by atoms with Gasteiger partial charge in [0.25, 0.3) is 0 Å². The monoisotopic (exact) mass is 219 g/mol. The molecule has 2 aromatic heterocycles. The number of pyridine rings is 1. The number of rotatable bonds is 5. The van der Waals surface area contributed by atoms with Crippen LogP contribution < -0.4 is 0 Å². The zero-order valence-corrected chi connectivity index (χ0v) is 9.50. The van der Waals surface area contributed by atoms with E-state index in [1.165, 1.54) is 0 Å². The van der Waals surface area contributed by atoms with Gasteiger partial charge < -0.3 is 9.51 Å². The Bertz CT molecular complexity index is 452. The number of hydrogen-bond donors (Lipinski definition) is 1. The van der Waals surface area contributed by atoms with E-state index >= 15 is 0 Å². The van der Waals surface area contributed by atoms with Crippen molar-refractivity contribution in [3.05, 3.63) is 36.3 Å². The van der Waals surface area contributed by atoms with Crippen LogP contribution >= 0.6 is 0 Å². The second-order valence-corrected chi connectivity index (χ2v) is 3.77. The summed E-state index contributed by atoms with van der Waals surface area (Å²) in [5.74, 6) is 0. The number of fused-ring (bicyclic) bond motifs is 1. The summed E-state index contributed by atoms with van der Waals surface area (Å²) in [7, 11) is 0. The lowest BCUT2D eigenvalue weighted by molar-refractivity contribution is 0.195. The number of hydrogen-bond acceptors (Lipinski definition) is 3. The van der Waals surface area contributed by atoms with Crippen LogP contribution in [-0.4, -0.2) is 39.1 Å². The lowest BCUT2D eigenvalue weighted by Gasteiger charge is -2.18. The first kappa shape index (κ1) is 11.1. The molecule has 2 rings (SSSR count). The molecule has 2 aromatic rings. The number of aliphatic hydroxyl groups excluding tert-OH is 1. The van der Waals surface area contributed by atoms with Crippen molar-refractivity contribution in [2.24, 2.45) is 0 Å². The molecule has 0 saturated heterocycles. The van der Waals surface area contributed by atoms with E-state index in [0.717, 1.165) is 24.4 Å². The second-order valence-electron chi connectivity index (χ2n) is 3.77. The van der Waals surface area contributed by atoms with Gasteiger partial charge in [-0.3, -0.25) is 4.90 Å². The molecule has 86 valence electrons. The molecule has 0 unspecified atom stereocenters. The Morgan fingerprint density at radius 3 is 3.06 bits per heavy atom. The van der Waals surface area contributed by atoms with Crippen LogP contribution in [0.25, 0.3) is 5.65 Å². The average Bonchev–Trinajstić information content (AvgIpc) is 2.72. The molecule has 4 nitrogen and oxygen atoms in total. The van der Waals surface area contributed by atoms with Crippen LogP contribution in [0.5, 0.6) is 0 Å². The van der Waals surface area contributed by atoms with Gasteiger partial charge in [-0.15, -0.1) is 0 Å². The van der Waals surface area contributed by atoms with Crippen LogP contribution in [0.15, 0.2) is 30.6 Å². The van der Waals surface area contributed by atoms with E-state index in [2.05, 4.69) is 21.2 Å². The third kappa shape index (κ3) is 2.23. The van der Waals surface area contributed by atoms with Crippen molar-refractivity contribution in [1.82, 2.24) is 14.3 Å². The van der Waals surface area contributed by atoms with Gasteiger partial charge in [0.15, 0.2) is 0 Å². The lowest BCUT2D eigenvalue weighted by atomic mass is 10.4. The number of likely N-dealkylation sites (N-methyl/N-ethyl adjacent to an activating group) is 1. The van der Waals surface area contributed by atoms with Gasteiger partial charge in [-0.2, -0.15) is 0 Å². The Balaban J connectivity index is 2.20. The summed E-state index contributed by atoms with van der Waals surface area (Å²) < 4.78 is 2.08. The van der Waals surface area contributed by atoms with Crippen molar-refractivity contribution in [2.75, 3.05) is 19.7 Å². The molecular formula is C12H17N3O. The summed E-state index contributed by atoms with van der Waals surface area (Å²) in [6.45, 7) is 4.75. The highest BCUT2D eigenvalue weighted by Crippen LogP contribution is 2.08. The average molecular weight is 219 g/mol. The van der Waals surface area contributed by atoms with Crippen LogP contribution in [0.1, 0.15) is 12.6 Å². The third-order valence-electron chi connectivity index (χ3n) is 2.74. The number of imidazole rings is 1. The molecule has 4 heteroatoms. The highest BCUT2D eigenvalue weighted by atomic mass is 16.3. The van der Waals surface area contributed by atoms with Gasteiger partial charge >= 0.3 is 0 Å². The van der Waals surface area contributed by atoms with Gasteiger partial charge in [0.05, 0.1) is 18.5 Å². The zero-order valence-electron chi connectivity index (χ0n) is 9.50. The minimum Gasteiger partial charge on any atom is -0.395 e. The smallest absolute Gasteiger partial charge is 0.136 e. The summed E-state index contributed by atoms with van der Waals surface area (Å²) in [5, 5.41) is 8.95. The van der Waals surface area contributed by atoms with E-state index in [9.17, 15) is 0 Å². The fraction of sp³-hybridized carbons (Fsp3) is 0.417. The van der Waals surface area contributed by atoms with Crippen LogP contribution in [0.4, 0.5) is 0 Å². The predicted molar refractivity (Wildman–Crippen MR) is 63.2 cm³/mol. The summed E-state index contributed by atoms with van der Waals surface area (Å²) in [6.07, 6.45) is 3.92. The van der Waals surface area contributed by atoms with Gasteiger partial charge in [0, 0.05) is 19.3 Å². The van der Waals surface area contributed by atoms with Crippen molar-refractivity contribution in [2.45, 2.75) is 13.5 Å². The quantitative estimate of drug-likeness (QED) is 0.820. The van der Waals surface area contributed by atoms with Crippen molar-refractivity contribution in [3.8, 4) is 0 Å². The van der Waals surface area contributed by atoms with E-state index in [0.29, 0.717) is 6.54 Å². The molecule has 2 heterocycles. The molecule has 0 spiro atoms. The van der Waals surface area contributed by atoms with Crippen LogP contribution in [0, 0.1) is 0 Å². The molecule has 0 aliphatic carbocycles. The minimum absolute atomic E-state index is 0.199. The van der Waals surface area contributed by atoms with Gasteiger partial charge in [-0.1, -0.05) is 13.0 Å². The van der Waals surface area contributed by atoms with Crippen molar-refractivity contribution < 1.29 is 5.11 Å². The van der Waals surface area contributed by atoms with E-state index in [1.54, 1.807) is 0 Å². The fourth-order valence-corrected chi connectivity index (χ4v) is 1.82. The molecular weight excluding hydrogens is 202 g/mol. The van der Waals surface area contributed by atoms with E-state index < -0.39 is 0 Å². The molecule has 0 saturated carbocycles. The van der Waals surface area contributed by atoms with Crippen LogP contribution in [0.2, 0.25) is 0 Å². The summed E-state index contributed by atoms with van der Waals surface area (Å²) in [4.78, 5) is 6.53. The first-order valence-corrected chi connectivity index (χ1v) is 5.59. The summed E-state index contributed by atoms with van der Waals surface area (Å²) in [6, 6.07) is 5.98. The molecule has 0 aliphatic heterocycles. The minimum atomic E-state index is 0.199. The standard InChI is InChI=1S/C12H17N3O/c1-2-14(7-8-16)10-11-9-13-12-5-3-4-6-15(11)12/h3-6,9,16H,2,7-8,10H2,1H3. The third-order valence-corrected chi connectivity index (χ3v) is 2.74. The summed E-state index contributed by atoms with van der Waals surface area (Å²) in [5.41, 5.74) is 2.13. The van der Waals surface area contributed by atoms with Gasteiger partial charge in [-0.05, 0) is 18.7 Å². The maximum atomic E-state index is 8.95. The molecule has 0 aromatic carbocycles. The largest absolute Gasteiger partial charge is 0.395 e. The number of aliphatic hydroxyl groups is 1. The van der Waals surface area contributed by atoms with Gasteiger partial charge in [0.2, 0.25) is 0 Å². The molecule has 1 N–H and O–H groups in total. The van der Waals surface area contributed by atoms with Crippen LogP contribution in [-0.2, 0) is 6.54 Å². The van der Waals surface area contributed by atoms with Crippen molar-refractivity contribution in [1.29, 1.82) is 0 Å².